The summed E-state index contributed by atoms with van der Waals surface area (Å²) in [5.74, 6) is 1.18. The number of anilines is 2. The molecule has 124 valence electrons. The summed E-state index contributed by atoms with van der Waals surface area (Å²) in [4.78, 5) is 0. The van der Waals surface area contributed by atoms with Crippen LogP contribution in [0.15, 0.2) is 60.7 Å². The van der Waals surface area contributed by atoms with E-state index in [2.05, 4.69) is 71.9 Å². The van der Waals surface area contributed by atoms with Crippen molar-refractivity contribution in [2.75, 3.05) is 10.1 Å². The first-order valence-electron chi connectivity index (χ1n) is 8.95. The molecular formula is C21H29NS. The Balaban J connectivity index is 1.80. The van der Waals surface area contributed by atoms with Gasteiger partial charge in [0.05, 0.1) is 11.4 Å². The molecular weight excluding hydrogens is 298 g/mol. The Morgan fingerprint density at radius 2 is 1.13 bits per heavy atom. The van der Waals surface area contributed by atoms with Gasteiger partial charge in [-0.25, -0.2) is 0 Å². The minimum atomic E-state index is 1.18. The number of benzene rings is 2. The Labute approximate surface area is 146 Å². The van der Waals surface area contributed by atoms with Gasteiger partial charge in [-0.15, -0.1) is 0 Å². The number of unbranched alkanes of at least 4 members (excludes halogenated alkanes) is 6. The topological polar surface area (TPSA) is 3.24 Å². The predicted octanol–water partition coefficient (Wildman–Crippen LogP) is 7.22. The van der Waals surface area contributed by atoms with Crippen LogP contribution in [0.25, 0.3) is 0 Å². The summed E-state index contributed by atoms with van der Waals surface area (Å²) in [7, 11) is 0. The van der Waals surface area contributed by atoms with E-state index in [1.54, 1.807) is 0 Å². The Bertz CT molecular complexity index is 472. The molecule has 2 aromatic rings. The molecule has 0 aliphatic rings. The van der Waals surface area contributed by atoms with E-state index in [-0.39, 0.29) is 0 Å². The molecule has 0 radical (unpaired) electrons. The third-order valence-corrected chi connectivity index (χ3v) is 5.10. The molecule has 0 aliphatic heterocycles. The van der Waals surface area contributed by atoms with E-state index in [0.29, 0.717) is 0 Å². The molecule has 0 atom stereocenters. The van der Waals surface area contributed by atoms with Crippen LogP contribution in [-0.2, 0) is 0 Å². The molecule has 0 heterocycles. The fraction of sp³-hybridized carbons (Fsp3) is 0.429. The zero-order valence-corrected chi connectivity index (χ0v) is 15.1. The number of rotatable bonds is 11. The highest BCUT2D eigenvalue weighted by Crippen LogP contribution is 2.32. The maximum Gasteiger partial charge on any atom is 0.0525 e. The van der Waals surface area contributed by atoms with Crippen molar-refractivity contribution in [1.29, 1.82) is 0 Å². The molecule has 0 unspecified atom stereocenters. The average molecular weight is 328 g/mol. The first-order valence-corrected chi connectivity index (χ1v) is 9.89. The Hall–Kier alpha value is -1.41. The van der Waals surface area contributed by atoms with Gasteiger partial charge in [-0.3, -0.25) is 4.31 Å². The van der Waals surface area contributed by atoms with Crippen molar-refractivity contribution < 1.29 is 0 Å². The largest absolute Gasteiger partial charge is 0.285 e. The second-order valence-corrected chi connectivity index (χ2v) is 6.95. The van der Waals surface area contributed by atoms with Gasteiger partial charge in [0.15, 0.2) is 0 Å². The zero-order valence-electron chi connectivity index (χ0n) is 14.3. The fourth-order valence-electron chi connectivity index (χ4n) is 2.64. The van der Waals surface area contributed by atoms with Gasteiger partial charge < -0.3 is 0 Å². The molecule has 2 heteroatoms. The molecule has 0 saturated heterocycles. The van der Waals surface area contributed by atoms with Crippen LogP contribution in [0.1, 0.15) is 51.9 Å². The number of hydrogen-bond acceptors (Lipinski definition) is 2. The van der Waals surface area contributed by atoms with Gasteiger partial charge in [-0.2, -0.15) is 0 Å². The van der Waals surface area contributed by atoms with Crippen LogP contribution in [0, 0.1) is 0 Å². The van der Waals surface area contributed by atoms with Crippen molar-refractivity contribution in [2.45, 2.75) is 51.9 Å². The maximum atomic E-state index is 2.36. The fourth-order valence-corrected chi connectivity index (χ4v) is 3.70. The van der Waals surface area contributed by atoms with Crippen molar-refractivity contribution in [1.82, 2.24) is 0 Å². The minimum Gasteiger partial charge on any atom is -0.285 e. The summed E-state index contributed by atoms with van der Waals surface area (Å²) in [6.07, 6.45) is 9.57. The summed E-state index contributed by atoms with van der Waals surface area (Å²) in [5, 5.41) is 0. The lowest BCUT2D eigenvalue weighted by Crippen LogP contribution is -2.07. The molecule has 0 amide bonds. The Morgan fingerprint density at radius 3 is 1.65 bits per heavy atom. The molecule has 0 aromatic heterocycles. The van der Waals surface area contributed by atoms with E-state index in [0.717, 1.165) is 0 Å². The predicted molar refractivity (Wildman–Crippen MR) is 105 cm³/mol. The van der Waals surface area contributed by atoms with E-state index >= 15 is 0 Å². The lowest BCUT2D eigenvalue weighted by molar-refractivity contribution is 0.603. The first-order chi connectivity index (χ1) is 11.4. The third-order valence-electron chi connectivity index (χ3n) is 3.95. The standard InChI is InChI=1S/C21H29NS/c1-2-3-4-5-6-7-14-19-23-22(20-15-10-8-11-16-20)21-17-12-9-13-18-21/h8-13,15-18H,2-7,14,19H2,1H3. The van der Waals surface area contributed by atoms with E-state index in [1.165, 1.54) is 62.1 Å². The van der Waals surface area contributed by atoms with Crippen molar-refractivity contribution in [2.24, 2.45) is 0 Å². The second-order valence-electron chi connectivity index (χ2n) is 5.92. The smallest absolute Gasteiger partial charge is 0.0525 e. The van der Waals surface area contributed by atoms with Crippen LogP contribution >= 0.6 is 11.9 Å². The van der Waals surface area contributed by atoms with Gasteiger partial charge in [0.1, 0.15) is 0 Å². The summed E-state index contributed by atoms with van der Waals surface area (Å²) in [6, 6.07) is 21.3. The highest BCUT2D eigenvalue weighted by atomic mass is 32.2. The molecule has 0 spiro atoms. The van der Waals surface area contributed by atoms with E-state index < -0.39 is 0 Å². The van der Waals surface area contributed by atoms with Crippen molar-refractivity contribution in [3.63, 3.8) is 0 Å². The Morgan fingerprint density at radius 1 is 0.652 bits per heavy atom. The van der Waals surface area contributed by atoms with Gasteiger partial charge >= 0.3 is 0 Å². The SMILES string of the molecule is CCCCCCCCCSN(c1ccccc1)c1ccccc1. The monoisotopic (exact) mass is 327 g/mol. The molecule has 0 saturated carbocycles. The summed E-state index contributed by atoms with van der Waals surface area (Å²) in [5.41, 5.74) is 2.51. The number of hydrogen-bond donors (Lipinski definition) is 0. The summed E-state index contributed by atoms with van der Waals surface area (Å²) < 4.78 is 2.36. The van der Waals surface area contributed by atoms with E-state index in [9.17, 15) is 0 Å². The molecule has 0 fully saturated rings. The molecule has 23 heavy (non-hydrogen) atoms. The van der Waals surface area contributed by atoms with E-state index in [4.69, 9.17) is 0 Å². The summed E-state index contributed by atoms with van der Waals surface area (Å²) >= 11 is 1.93. The molecule has 0 N–H and O–H groups in total. The highest BCUT2D eigenvalue weighted by Gasteiger charge is 2.09. The van der Waals surface area contributed by atoms with Crippen LogP contribution in [0.2, 0.25) is 0 Å². The van der Waals surface area contributed by atoms with Crippen LogP contribution in [0.3, 0.4) is 0 Å². The molecule has 2 aromatic carbocycles. The van der Waals surface area contributed by atoms with Crippen LogP contribution in [0.5, 0.6) is 0 Å². The minimum absolute atomic E-state index is 1.18. The van der Waals surface area contributed by atoms with Gasteiger partial charge in [0.2, 0.25) is 0 Å². The molecule has 2 rings (SSSR count). The van der Waals surface area contributed by atoms with E-state index in [1.807, 2.05) is 11.9 Å². The molecule has 0 bridgehead atoms. The molecule has 1 nitrogen and oxygen atoms in total. The summed E-state index contributed by atoms with van der Waals surface area (Å²) in [6.45, 7) is 2.28. The third kappa shape index (κ3) is 6.70. The van der Waals surface area contributed by atoms with Crippen molar-refractivity contribution in [3.05, 3.63) is 60.7 Å². The zero-order chi connectivity index (χ0) is 16.2. The normalized spacial score (nSPS) is 10.7. The van der Waals surface area contributed by atoms with Gasteiger partial charge in [-0.1, -0.05) is 81.8 Å². The van der Waals surface area contributed by atoms with Gasteiger partial charge in [-0.05, 0) is 42.6 Å². The van der Waals surface area contributed by atoms with Gasteiger partial charge in [0, 0.05) is 5.75 Å². The lowest BCUT2D eigenvalue weighted by Gasteiger charge is -2.23. The maximum absolute atomic E-state index is 2.36. The van der Waals surface area contributed by atoms with Crippen molar-refractivity contribution in [3.8, 4) is 0 Å². The quantitative estimate of drug-likeness (QED) is 0.316. The average Bonchev–Trinajstić information content (AvgIpc) is 2.62. The van der Waals surface area contributed by atoms with Crippen LogP contribution in [0.4, 0.5) is 11.4 Å². The second kappa shape index (κ2) is 11.2. The van der Waals surface area contributed by atoms with Crippen LogP contribution in [-0.4, -0.2) is 5.75 Å². The van der Waals surface area contributed by atoms with Crippen molar-refractivity contribution >= 4 is 23.3 Å². The first kappa shape index (κ1) is 17.9. The van der Waals surface area contributed by atoms with Gasteiger partial charge in [0.25, 0.3) is 0 Å². The van der Waals surface area contributed by atoms with Crippen LogP contribution < -0.4 is 4.31 Å². The lowest BCUT2D eigenvalue weighted by atomic mass is 10.1. The number of para-hydroxylation sites is 2. The number of nitrogens with zero attached hydrogens (tertiary/aromatic N) is 1. The Kier molecular flexibility index (Phi) is 8.72. The molecule has 0 aliphatic carbocycles. The highest BCUT2D eigenvalue weighted by molar-refractivity contribution is 8.00.